The Hall–Kier alpha value is -2.87. The Labute approximate surface area is 132 Å². The Morgan fingerprint density at radius 3 is 2.52 bits per heavy atom. The van der Waals surface area contributed by atoms with Gasteiger partial charge in [0.25, 0.3) is 5.91 Å². The normalized spacial score (nSPS) is 14.3. The first kappa shape index (κ1) is 15.0. The van der Waals surface area contributed by atoms with Crippen LogP contribution in [0.1, 0.15) is 20.9 Å². The molecule has 0 spiro atoms. The number of anilines is 1. The standard InChI is InChI=1S/C15H16N4O4/c20-14(17-18-15(21)12-2-1-7-23-12)11-3-4-13(16-10-11)19-5-8-22-9-6-19/h1-4,7,10H,5-6,8-9H2,(H,17,20)(H,18,21). The molecule has 120 valence electrons. The fourth-order valence-electron chi connectivity index (χ4n) is 2.15. The van der Waals surface area contributed by atoms with Gasteiger partial charge in [0.2, 0.25) is 0 Å². The van der Waals surface area contributed by atoms with Crippen LogP contribution in [-0.4, -0.2) is 43.1 Å². The van der Waals surface area contributed by atoms with Crippen LogP contribution in [0.4, 0.5) is 5.82 Å². The van der Waals surface area contributed by atoms with Gasteiger partial charge in [0.1, 0.15) is 5.82 Å². The molecule has 0 atom stereocenters. The van der Waals surface area contributed by atoms with Crippen molar-refractivity contribution in [2.75, 3.05) is 31.2 Å². The molecule has 3 heterocycles. The van der Waals surface area contributed by atoms with Gasteiger partial charge in [-0.05, 0) is 24.3 Å². The van der Waals surface area contributed by atoms with E-state index >= 15 is 0 Å². The van der Waals surface area contributed by atoms with Gasteiger partial charge < -0.3 is 14.1 Å². The molecule has 0 radical (unpaired) electrons. The minimum atomic E-state index is -0.527. The lowest BCUT2D eigenvalue weighted by Crippen LogP contribution is -2.41. The molecule has 1 aliphatic rings. The van der Waals surface area contributed by atoms with Gasteiger partial charge in [-0.25, -0.2) is 4.98 Å². The predicted molar refractivity (Wildman–Crippen MR) is 80.9 cm³/mol. The van der Waals surface area contributed by atoms with Crippen LogP contribution in [0.3, 0.4) is 0 Å². The number of hydrazine groups is 1. The van der Waals surface area contributed by atoms with E-state index in [1.54, 1.807) is 18.2 Å². The highest BCUT2D eigenvalue weighted by Gasteiger charge is 2.14. The highest BCUT2D eigenvalue weighted by Crippen LogP contribution is 2.12. The van der Waals surface area contributed by atoms with E-state index in [0.717, 1.165) is 18.9 Å². The first-order chi connectivity index (χ1) is 11.2. The number of furan rings is 1. The van der Waals surface area contributed by atoms with Crippen molar-refractivity contribution < 1.29 is 18.7 Å². The predicted octanol–water partition coefficient (Wildman–Crippen LogP) is 0.586. The lowest BCUT2D eigenvalue weighted by atomic mass is 10.2. The van der Waals surface area contributed by atoms with Crippen LogP contribution < -0.4 is 15.8 Å². The van der Waals surface area contributed by atoms with E-state index in [2.05, 4.69) is 20.7 Å². The van der Waals surface area contributed by atoms with Gasteiger partial charge in [0.15, 0.2) is 5.76 Å². The maximum absolute atomic E-state index is 12.0. The third-order valence-corrected chi connectivity index (χ3v) is 3.38. The van der Waals surface area contributed by atoms with Gasteiger partial charge in [-0.2, -0.15) is 0 Å². The van der Waals surface area contributed by atoms with Crippen LogP contribution >= 0.6 is 0 Å². The van der Waals surface area contributed by atoms with Crippen molar-refractivity contribution in [2.24, 2.45) is 0 Å². The largest absolute Gasteiger partial charge is 0.459 e. The number of amides is 2. The molecule has 8 nitrogen and oxygen atoms in total. The van der Waals surface area contributed by atoms with E-state index in [1.807, 2.05) is 0 Å². The average Bonchev–Trinajstić information content (AvgIpc) is 3.15. The zero-order chi connectivity index (χ0) is 16.1. The Morgan fingerprint density at radius 1 is 1.09 bits per heavy atom. The van der Waals surface area contributed by atoms with E-state index in [4.69, 9.17) is 9.15 Å². The number of hydrogen-bond donors (Lipinski definition) is 2. The Balaban J connectivity index is 1.56. The average molecular weight is 316 g/mol. The van der Waals surface area contributed by atoms with Crippen LogP contribution in [0.5, 0.6) is 0 Å². The minimum Gasteiger partial charge on any atom is -0.459 e. The number of pyridine rings is 1. The summed E-state index contributed by atoms with van der Waals surface area (Å²) in [6.07, 6.45) is 2.85. The van der Waals surface area contributed by atoms with Crippen LogP contribution in [0.25, 0.3) is 0 Å². The molecule has 0 aromatic carbocycles. The summed E-state index contributed by atoms with van der Waals surface area (Å²) in [7, 11) is 0. The number of rotatable bonds is 3. The summed E-state index contributed by atoms with van der Waals surface area (Å²) < 4.78 is 10.2. The van der Waals surface area contributed by atoms with Crippen LogP contribution in [0, 0.1) is 0 Å². The Morgan fingerprint density at radius 2 is 1.87 bits per heavy atom. The summed E-state index contributed by atoms with van der Waals surface area (Å²) in [5.74, 6) is -0.0669. The number of morpholine rings is 1. The van der Waals surface area contributed by atoms with E-state index in [0.29, 0.717) is 18.8 Å². The van der Waals surface area contributed by atoms with Crippen molar-refractivity contribution in [1.82, 2.24) is 15.8 Å². The van der Waals surface area contributed by atoms with Crippen LogP contribution in [-0.2, 0) is 4.74 Å². The number of aromatic nitrogens is 1. The SMILES string of the molecule is O=C(NNC(=O)c1ccco1)c1ccc(N2CCOCC2)nc1. The second-order valence-corrected chi connectivity index (χ2v) is 4.89. The Bertz CT molecular complexity index is 663. The van der Waals surface area contributed by atoms with Gasteiger partial charge in [0.05, 0.1) is 25.0 Å². The molecule has 0 aliphatic carbocycles. The summed E-state index contributed by atoms with van der Waals surface area (Å²) in [6.45, 7) is 2.89. The maximum atomic E-state index is 12.0. The van der Waals surface area contributed by atoms with Gasteiger partial charge in [0, 0.05) is 19.3 Å². The molecule has 1 aliphatic heterocycles. The summed E-state index contributed by atoms with van der Waals surface area (Å²) >= 11 is 0. The molecule has 0 unspecified atom stereocenters. The third-order valence-electron chi connectivity index (χ3n) is 3.38. The van der Waals surface area contributed by atoms with Crippen molar-refractivity contribution in [3.8, 4) is 0 Å². The number of nitrogens with zero attached hydrogens (tertiary/aromatic N) is 2. The molecule has 2 aromatic rings. The summed E-state index contributed by atoms with van der Waals surface area (Å²) in [6, 6.07) is 6.52. The van der Waals surface area contributed by atoms with E-state index < -0.39 is 11.8 Å². The molecule has 1 saturated heterocycles. The third kappa shape index (κ3) is 3.67. The van der Waals surface area contributed by atoms with Crippen LogP contribution in [0.15, 0.2) is 41.1 Å². The number of nitrogens with one attached hydrogen (secondary N) is 2. The van der Waals surface area contributed by atoms with Crippen LogP contribution in [0.2, 0.25) is 0 Å². The zero-order valence-corrected chi connectivity index (χ0v) is 12.3. The number of ether oxygens (including phenoxy) is 1. The van der Waals surface area contributed by atoms with E-state index in [1.165, 1.54) is 18.5 Å². The molecule has 2 amide bonds. The van der Waals surface area contributed by atoms with Crippen molar-refractivity contribution in [3.63, 3.8) is 0 Å². The van der Waals surface area contributed by atoms with Crippen molar-refractivity contribution in [3.05, 3.63) is 48.0 Å². The molecule has 8 heteroatoms. The summed E-state index contributed by atoms with van der Waals surface area (Å²) in [4.78, 5) is 30.0. The molecule has 0 saturated carbocycles. The first-order valence-electron chi connectivity index (χ1n) is 7.17. The zero-order valence-electron chi connectivity index (χ0n) is 12.3. The highest BCUT2D eigenvalue weighted by atomic mass is 16.5. The maximum Gasteiger partial charge on any atom is 0.305 e. The lowest BCUT2D eigenvalue weighted by molar-refractivity contribution is 0.0830. The van der Waals surface area contributed by atoms with Crippen molar-refractivity contribution in [2.45, 2.75) is 0 Å². The molecular weight excluding hydrogens is 300 g/mol. The summed E-state index contributed by atoms with van der Waals surface area (Å²) in [5.41, 5.74) is 4.94. The van der Waals surface area contributed by atoms with Gasteiger partial charge in [-0.3, -0.25) is 20.4 Å². The highest BCUT2D eigenvalue weighted by molar-refractivity contribution is 5.97. The topological polar surface area (TPSA) is 96.7 Å². The fourth-order valence-corrected chi connectivity index (χ4v) is 2.15. The molecule has 23 heavy (non-hydrogen) atoms. The lowest BCUT2D eigenvalue weighted by Gasteiger charge is -2.27. The quantitative estimate of drug-likeness (QED) is 0.804. The van der Waals surface area contributed by atoms with Gasteiger partial charge in [-0.15, -0.1) is 0 Å². The smallest absolute Gasteiger partial charge is 0.305 e. The molecule has 2 aromatic heterocycles. The van der Waals surface area contributed by atoms with Crippen molar-refractivity contribution in [1.29, 1.82) is 0 Å². The number of hydrogen-bond acceptors (Lipinski definition) is 6. The minimum absolute atomic E-state index is 0.117. The molecule has 2 N–H and O–H groups in total. The fraction of sp³-hybridized carbons (Fsp3) is 0.267. The molecule has 3 rings (SSSR count). The molecule has 0 bridgehead atoms. The first-order valence-corrected chi connectivity index (χ1v) is 7.17. The number of carbonyl (C=O) groups excluding carboxylic acids is 2. The second kappa shape index (κ2) is 6.93. The van der Waals surface area contributed by atoms with Gasteiger partial charge >= 0.3 is 5.91 Å². The summed E-state index contributed by atoms with van der Waals surface area (Å²) in [5, 5.41) is 0. The molecular formula is C15H16N4O4. The number of carbonyl (C=O) groups is 2. The monoisotopic (exact) mass is 316 g/mol. The Kier molecular flexibility index (Phi) is 4.53. The molecule has 1 fully saturated rings. The van der Waals surface area contributed by atoms with Gasteiger partial charge in [-0.1, -0.05) is 0 Å². The van der Waals surface area contributed by atoms with Crippen molar-refractivity contribution >= 4 is 17.6 Å². The van der Waals surface area contributed by atoms with E-state index in [-0.39, 0.29) is 5.76 Å². The van der Waals surface area contributed by atoms with E-state index in [9.17, 15) is 9.59 Å². The second-order valence-electron chi connectivity index (χ2n) is 4.89.